The molecule has 0 radical (unpaired) electrons. The first-order chi connectivity index (χ1) is 10.5. The highest BCUT2D eigenvalue weighted by molar-refractivity contribution is 5.64. The summed E-state index contributed by atoms with van der Waals surface area (Å²) in [4.78, 5) is 3.98. The van der Waals surface area contributed by atoms with Gasteiger partial charge in [-0.15, -0.1) is 0 Å². The van der Waals surface area contributed by atoms with E-state index in [4.69, 9.17) is 0 Å². The van der Waals surface area contributed by atoms with Gasteiger partial charge in [0.1, 0.15) is 12.7 Å². The molecule has 0 saturated carbocycles. The van der Waals surface area contributed by atoms with Crippen LogP contribution < -0.4 is 0 Å². The molecule has 2 aromatic carbocycles. The third-order valence-electron chi connectivity index (χ3n) is 3.82. The van der Waals surface area contributed by atoms with Gasteiger partial charge in [0.15, 0.2) is 0 Å². The van der Waals surface area contributed by atoms with Crippen molar-refractivity contribution < 1.29 is 0 Å². The fourth-order valence-electron chi connectivity index (χ4n) is 2.51. The Balaban J connectivity index is 1.85. The smallest absolute Gasteiger partial charge is 0.137 e. The predicted molar refractivity (Wildman–Crippen MR) is 89.7 cm³/mol. The Bertz CT molecular complexity index is 735. The van der Waals surface area contributed by atoms with Crippen LogP contribution in [0.25, 0.3) is 11.1 Å². The van der Waals surface area contributed by atoms with Gasteiger partial charge in [-0.2, -0.15) is 5.10 Å². The van der Waals surface area contributed by atoms with Crippen LogP contribution in [0, 0.1) is 0 Å². The first-order valence-electron chi connectivity index (χ1n) is 7.55. The van der Waals surface area contributed by atoms with E-state index in [1.54, 1.807) is 12.7 Å². The Morgan fingerprint density at radius 1 is 0.955 bits per heavy atom. The summed E-state index contributed by atoms with van der Waals surface area (Å²) < 4.78 is 1.84. The molecule has 0 fully saturated rings. The molecule has 0 saturated heterocycles. The largest absolute Gasteiger partial charge is 0.249 e. The summed E-state index contributed by atoms with van der Waals surface area (Å²) in [7, 11) is 0. The van der Waals surface area contributed by atoms with Crippen molar-refractivity contribution in [3.05, 3.63) is 72.3 Å². The molecule has 0 atom stereocenters. The standard InChI is InChI=1S/C19H21N3/c1-19(2,3)18-9-7-16(8-10-18)17-6-4-5-15(11-17)12-22-14-20-13-21-22/h4-11,13-14H,12H2,1-3H3. The van der Waals surface area contributed by atoms with E-state index < -0.39 is 0 Å². The fraction of sp³-hybridized carbons (Fsp3) is 0.263. The minimum Gasteiger partial charge on any atom is -0.249 e. The SMILES string of the molecule is CC(C)(C)c1ccc(-c2cccc(Cn3cncn3)c2)cc1. The molecule has 3 aromatic rings. The van der Waals surface area contributed by atoms with Gasteiger partial charge in [-0.25, -0.2) is 9.67 Å². The lowest BCUT2D eigenvalue weighted by Crippen LogP contribution is -2.10. The molecule has 0 aliphatic heterocycles. The molecular weight excluding hydrogens is 270 g/mol. The Kier molecular flexibility index (Phi) is 3.80. The van der Waals surface area contributed by atoms with Gasteiger partial charge >= 0.3 is 0 Å². The summed E-state index contributed by atoms with van der Waals surface area (Å²) in [5.41, 5.74) is 5.25. The number of hydrogen-bond acceptors (Lipinski definition) is 2. The van der Waals surface area contributed by atoms with E-state index in [1.165, 1.54) is 22.3 Å². The molecular formula is C19H21N3. The second-order valence-electron chi connectivity index (χ2n) is 6.62. The van der Waals surface area contributed by atoms with Crippen LogP contribution in [0.3, 0.4) is 0 Å². The summed E-state index contributed by atoms with van der Waals surface area (Å²) in [6.45, 7) is 7.45. The summed E-state index contributed by atoms with van der Waals surface area (Å²) in [6.07, 6.45) is 3.31. The second-order valence-corrected chi connectivity index (χ2v) is 6.62. The molecule has 0 N–H and O–H groups in total. The summed E-state index contributed by atoms with van der Waals surface area (Å²) >= 11 is 0. The van der Waals surface area contributed by atoms with Crippen molar-refractivity contribution in [2.45, 2.75) is 32.7 Å². The highest BCUT2D eigenvalue weighted by atomic mass is 15.3. The quantitative estimate of drug-likeness (QED) is 0.720. The van der Waals surface area contributed by atoms with Gasteiger partial charge in [0.2, 0.25) is 0 Å². The number of hydrogen-bond donors (Lipinski definition) is 0. The molecule has 0 unspecified atom stereocenters. The van der Waals surface area contributed by atoms with Crippen LogP contribution >= 0.6 is 0 Å². The summed E-state index contributed by atoms with van der Waals surface area (Å²) in [6, 6.07) is 17.4. The van der Waals surface area contributed by atoms with Crippen LogP contribution in [0.2, 0.25) is 0 Å². The van der Waals surface area contributed by atoms with Crippen LogP contribution in [0.5, 0.6) is 0 Å². The van der Waals surface area contributed by atoms with Crippen LogP contribution in [0.4, 0.5) is 0 Å². The first-order valence-corrected chi connectivity index (χ1v) is 7.55. The molecule has 22 heavy (non-hydrogen) atoms. The highest BCUT2D eigenvalue weighted by Crippen LogP contribution is 2.26. The molecule has 0 spiro atoms. The number of aromatic nitrogens is 3. The number of rotatable bonds is 3. The van der Waals surface area contributed by atoms with E-state index in [9.17, 15) is 0 Å². The lowest BCUT2D eigenvalue weighted by Gasteiger charge is -2.19. The van der Waals surface area contributed by atoms with Crippen molar-refractivity contribution in [1.29, 1.82) is 0 Å². The van der Waals surface area contributed by atoms with Crippen molar-refractivity contribution in [3.63, 3.8) is 0 Å². The van der Waals surface area contributed by atoms with E-state index in [1.807, 2.05) is 4.68 Å². The molecule has 3 nitrogen and oxygen atoms in total. The second kappa shape index (κ2) is 5.76. The lowest BCUT2D eigenvalue weighted by atomic mass is 9.86. The van der Waals surface area contributed by atoms with E-state index in [0.29, 0.717) is 0 Å². The molecule has 3 rings (SSSR count). The van der Waals surface area contributed by atoms with E-state index >= 15 is 0 Å². The molecule has 0 bridgehead atoms. The number of benzene rings is 2. The highest BCUT2D eigenvalue weighted by Gasteiger charge is 2.13. The first kappa shape index (κ1) is 14.5. The molecule has 1 heterocycles. The van der Waals surface area contributed by atoms with Crippen molar-refractivity contribution in [2.24, 2.45) is 0 Å². The van der Waals surface area contributed by atoms with Gasteiger partial charge in [-0.3, -0.25) is 0 Å². The van der Waals surface area contributed by atoms with E-state index in [0.717, 1.165) is 6.54 Å². The van der Waals surface area contributed by atoms with Gasteiger partial charge in [-0.05, 0) is 33.7 Å². The topological polar surface area (TPSA) is 30.7 Å². The molecule has 0 amide bonds. The molecule has 1 aromatic heterocycles. The van der Waals surface area contributed by atoms with Gasteiger partial charge in [0, 0.05) is 0 Å². The van der Waals surface area contributed by atoms with Gasteiger partial charge in [-0.1, -0.05) is 63.2 Å². The van der Waals surface area contributed by atoms with Crippen molar-refractivity contribution >= 4 is 0 Å². The Morgan fingerprint density at radius 2 is 1.73 bits per heavy atom. The van der Waals surface area contributed by atoms with Crippen LogP contribution in [-0.2, 0) is 12.0 Å². The van der Waals surface area contributed by atoms with Crippen LogP contribution in [0.1, 0.15) is 31.9 Å². The minimum atomic E-state index is 0.188. The van der Waals surface area contributed by atoms with Gasteiger partial charge in [0.05, 0.1) is 6.54 Å². The average Bonchev–Trinajstić information content (AvgIpc) is 3.00. The number of nitrogens with zero attached hydrogens (tertiary/aromatic N) is 3. The zero-order chi connectivity index (χ0) is 15.6. The maximum atomic E-state index is 4.16. The Hall–Kier alpha value is -2.42. The molecule has 112 valence electrons. The van der Waals surface area contributed by atoms with Gasteiger partial charge in [0.25, 0.3) is 0 Å². The van der Waals surface area contributed by atoms with Crippen molar-refractivity contribution in [1.82, 2.24) is 14.8 Å². The van der Waals surface area contributed by atoms with Crippen molar-refractivity contribution in [3.8, 4) is 11.1 Å². The van der Waals surface area contributed by atoms with Crippen LogP contribution in [0.15, 0.2) is 61.2 Å². The summed E-state index contributed by atoms with van der Waals surface area (Å²) in [5, 5.41) is 4.16. The normalized spacial score (nSPS) is 11.6. The maximum absolute atomic E-state index is 4.16. The molecule has 0 aliphatic carbocycles. The zero-order valence-corrected chi connectivity index (χ0v) is 13.3. The predicted octanol–water partition coefficient (Wildman–Crippen LogP) is 4.29. The zero-order valence-electron chi connectivity index (χ0n) is 13.3. The molecule has 3 heteroatoms. The third-order valence-corrected chi connectivity index (χ3v) is 3.82. The Morgan fingerprint density at radius 3 is 2.36 bits per heavy atom. The van der Waals surface area contributed by atoms with Crippen molar-refractivity contribution in [2.75, 3.05) is 0 Å². The van der Waals surface area contributed by atoms with E-state index in [-0.39, 0.29) is 5.41 Å². The third kappa shape index (κ3) is 3.25. The summed E-state index contributed by atoms with van der Waals surface area (Å²) in [5.74, 6) is 0. The van der Waals surface area contributed by atoms with Gasteiger partial charge < -0.3 is 0 Å². The average molecular weight is 291 g/mol. The maximum Gasteiger partial charge on any atom is 0.137 e. The van der Waals surface area contributed by atoms with E-state index in [2.05, 4.69) is 79.4 Å². The fourth-order valence-corrected chi connectivity index (χ4v) is 2.51. The Labute approximate surface area is 131 Å². The molecule has 0 aliphatic rings. The monoisotopic (exact) mass is 291 g/mol. The lowest BCUT2D eigenvalue weighted by molar-refractivity contribution is 0.590. The minimum absolute atomic E-state index is 0.188. The van der Waals surface area contributed by atoms with Crippen LogP contribution in [-0.4, -0.2) is 14.8 Å².